The molecule has 0 saturated heterocycles. The topological polar surface area (TPSA) is 57.6 Å². The first-order chi connectivity index (χ1) is 9.79. The number of hydrogen-bond donors (Lipinski definition) is 1. The van der Waals surface area contributed by atoms with Gasteiger partial charge in [-0.3, -0.25) is 9.59 Å². The number of amides is 1. The Morgan fingerprint density at radius 1 is 1.14 bits per heavy atom. The minimum atomic E-state index is -0.711. The van der Waals surface area contributed by atoms with E-state index in [0.717, 1.165) is 25.8 Å². The summed E-state index contributed by atoms with van der Waals surface area (Å²) in [6.45, 7) is 8.15. The summed E-state index contributed by atoms with van der Waals surface area (Å²) in [6.07, 6.45) is 5.89. The van der Waals surface area contributed by atoms with Gasteiger partial charge in [-0.25, -0.2) is 0 Å². The number of hydrogen-bond acceptors (Lipinski definition) is 2. The van der Waals surface area contributed by atoms with E-state index in [1.54, 1.807) is 0 Å². The fourth-order valence-electron chi connectivity index (χ4n) is 3.40. The van der Waals surface area contributed by atoms with E-state index >= 15 is 0 Å². The van der Waals surface area contributed by atoms with Crippen LogP contribution in [0.2, 0.25) is 0 Å². The van der Waals surface area contributed by atoms with Gasteiger partial charge in [0.1, 0.15) is 0 Å². The average Bonchev–Trinajstić information content (AvgIpc) is 2.46. The zero-order valence-corrected chi connectivity index (χ0v) is 13.4. The van der Waals surface area contributed by atoms with Gasteiger partial charge in [0.05, 0.1) is 5.92 Å². The molecule has 4 heteroatoms. The second-order valence-electron chi connectivity index (χ2n) is 7.40. The van der Waals surface area contributed by atoms with Crippen molar-refractivity contribution in [3.05, 3.63) is 11.6 Å². The molecule has 2 rings (SSSR count). The largest absolute Gasteiger partial charge is 0.481 e. The van der Waals surface area contributed by atoms with E-state index < -0.39 is 5.97 Å². The van der Waals surface area contributed by atoms with Gasteiger partial charge in [0.15, 0.2) is 0 Å². The van der Waals surface area contributed by atoms with Crippen molar-refractivity contribution in [2.24, 2.45) is 17.3 Å². The Hall–Kier alpha value is -1.32. The zero-order valence-electron chi connectivity index (χ0n) is 13.4. The molecule has 1 N–H and O–H groups in total. The third kappa shape index (κ3) is 3.86. The van der Waals surface area contributed by atoms with Crippen LogP contribution in [-0.2, 0) is 9.59 Å². The Kier molecular flexibility index (Phi) is 4.74. The molecule has 2 aliphatic rings. The van der Waals surface area contributed by atoms with E-state index in [1.165, 1.54) is 5.57 Å². The Morgan fingerprint density at radius 2 is 1.71 bits per heavy atom. The van der Waals surface area contributed by atoms with Gasteiger partial charge in [-0.2, -0.15) is 0 Å². The SMILES string of the molecule is CC(C)(C)C1=CCN(C(=O)C2CCC(C(=O)O)CC2)CC1. The molecule has 0 aromatic rings. The molecule has 0 bridgehead atoms. The van der Waals surface area contributed by atoms with Gasteiger partial charge in [0.25, 0.3) is 0 Å². The van der Waals surface area contributed by atoms with Crippen molar-refractivity contribution >= 4 is 11.9 Å². The third-order valence-electron chi connectivity index (χ3n) is 4.91. The molecule has 1 aliphatic carbocycles. The number of carbonyl (C=O) groups excluding carboxylic acids is 1. The maximum Gasteiger partial charge on any atom is 0.306 e. The lowest BCUT2D eigenvalue weighted by molar-refractivity contribution is -0.145. The Balaban J connectivity index is 1.89. The minimum Gasteiger partial charge on any atom is -0.481 e. The molecule has 1 fully saturated rings. The van der Waals surface area contributed by atoms with Crippen molar-refractivity contribution in [2.45, 2.75) is 52.9 Å². The fourth-order valence-corrected chi connectivity index (χ4v) is 3.40. The molecule has 0 aromatic heterocycles. The summed E-state index contributed by atoms with van der Waals surface area (Å²) >= 11 is 0. The van der Waals surface area contributed by atoms with Crippen molar-refractivity contribution < 1.29 is 14.7 Å². The normalized spacial score (nSPS) is 27.2. The monoisotopic (exact) mass is 293 g/mol. The first-order valence-electron chi connectivity index (χ1n) is 8.00. The number of rotatable bonds is 2. The van der Waals surface area contributed by atoms with Crippen LogP contribution in [0.25, 0.3) is 0 Å². The highest BCUT2D eigenvalue weighted by atomic mass is 16.4. The lowest BCUT2D eigenvalue weighted by atomic mass is 9.80. The molecule has 1 heterocycles. The van der Waals surface area contributed by atoms with Crippen LogP contribution < -0.4 is 0 Å². The Bertz CT molecular complexity index is 439. The second-order valence-corrected chi connectivity index (χ2v) is 7.40. The molecule has 0 atom stereocenters. The molecule has 0 spiro atoms. The summed E-state index contributed by atoms with van der Waals surface area (Å²) in [5.41, 5.74) is 1.62. The first-order valence-corrected chi connectivity index (χ1v) is 8.00. The number of carboxylic acids is 1. The Labute approximate surface area is 127 Å². The molecule has 1 saturated carbocycles. The highest BCUT2D eigenvalue weighted by Crippen LogP contribution is 2.33. The standard InChI is InChI=1S/C17H27NO3/c1-17(2,3)14-8-10-18(11-9-14)15(19)12-4-6-13(7-5-12)16(20)21/h8,12-13H,4-7,9-11H2,1-3H3,(H,20,21). The first kappa shape index (κ1) is 16.1. The van der Waals surface area contributed by atoms with Crippen molar-refractivity contribution in [1.29, 1.82) is 0 Å². The average molecular weight is 293 g/mol. The predicted molar refractivity (Wildman–Crippen MR) is 81.8 cm³/mol. The number of nitrogens with zero attached hydrogens (tertiary/aromatic N) is 1. The van der Waals surface area contributed by atoms with E-state index in [4.69, 9.17) is 5.11 Å². The van der Waals surface area contributed by atoms with Gasteiger partial charge >= 0.3 is 5.97 Å². The highest BCUT2D eigenvalue weighted by Gasteiger charge is 2.33. The molecule has 1 amide bonds. The summed E-state index contributed by atoms with van der Waals surface area (Å²) in [4.78, 5) is 25.4. The lowest BCUT2D eigenvalue weighted by Gasteiger charge is -2.35. The molecular weight excluding hydrogens is 266 g/mol. The molecule has 4 nitrogen and oxygen atoms in total. The molecule has 0 radical (unpaired) electrons. The molecular formula is C17H27NO3. The van der Waals surface area contributed by atoms with E-state index in [2.05, 4.69) is 26.8 Å². The van der Waals surface area contributed by atoms with Gasteiger partial charge in [-0.05, 0) is 37.5 Å². The smallest absolute Gasteiger partial charge is 0.306 e. The van der Waals surface area contributed by atoms with Gasteiger partial charge in [0.2, 0.25) is 5.91 Å². The van der Waals surface area contributed by atoms with Crippen LogP contribution in [0, 0.1) is 17.3 Å². The lowest BCUT2D eigenvalue weighted by Crippen LogP contribution is -2.41. The molecule has 0 unspecified atom stereocenters. The fraction of sp³-hybridized carbons (Fsp3) is 0.765. The third-order valence-corrected chi connectivity index (χ3v) is 4.91. The van der Waals surface area contributed by atoms with E-state index in [1.807, 2.05) is 4.90 Å². The molecule has 0 aromatic carbocycles. The van der Waals surface area contributed by atoms with Gasteiger partial charge in [0, 0.05) is 19.0 Å². The van der Waals surface area contributed by atoms with E-state index in [0.29, 0.717) is 19.4 Å². The van der Waals surface area contributed by atoms with Crippen LogP contribution >= 0.6 is 0 Å². The highest BCUT2D eigenvalue weighted by molar-refractivity contribution is 5.80. The van der Waals surface area contributed by atoms with Crippen molar-refractivity contribution in [3.63, 3.8) is 0 Å². The zero-order chi connectivity index (χ0) is 15.6. The van der Waals surface area contributed by atoms with Crippen LogP contribution in [0.4, 0.5) is 0 Å². The maximum atomic E-state index is 12.5. The van der Waals surface area contributed by atoms with Crippen LogP contribution in [-0.4, -0.2) is 35.0 Å². The molecule has 118 valence electrons. The van der Waals surface area contributed by atoms with Crippen molar-refractivity contribution in [1.82, 2.24) is 4.90 Å². The molecule has 1 aliphatic heterocycles. The predicted octanol–water partition coefficient (Wildman–Crippen LogP) is 3.08. The van der Waals surface area contributed by atoms with E-state index in [-0.39, 0.29) is 23.2 Å². The number of carboxylic acid groups (broad SMARTS) is 1. The van der Waals surface area contributed by atoms with Crippen LogP contribution in [0.1, 0.15) is 52.9 Å². The van der Waals surface area contributed by atoms with Gasteiger partial charge in [-0.1, -0.05) is 32.4 Å². The van der Waals surface area contributed by atoms with Crippen LogP contribution in [0.15, 0.2) is 11.6 Å². The summed E-state index contributed by atoms with van der Waals surface area (Å²) in [6, 6.07) is 0. The Morgan fingerprint density at radius 3 is 2.14 bits per heavy atom. The van der Waals surface area contributed by atoms with Crippen molar-refractivity contribution in [3.8, 4) is 0 Å². The van der Waals surface area contributed by atoms with Crippen LogP contribution in [0.5, 0.6) is 0 Å². The summed E-state index contributed by atoms with van der Waals surface area (Å²) in [5, 5.41) is 9.01. The quantitative estimate of drug-likeness (QED) is 0.796. The summed E-state index contributed by atoms with van der Waals surface area (Å²) in [5.74, 6) is -0.701. The summed E-state index contributed by atoms with van der Waals surface area (Å²) in [7, 11) is 0. The minimum absolute atomic E-state index is 0.0326. The van der Waals surface area contributed by atoms with Gasteiger partial charge in [-0.15, -0.1) is 0 Å². The van der Waals surface area contributed by atoms with Gasteiger partial charge < -0.3 is 10.0 Å². The second kappa shape index (κ2) is 6.20. The number of aliphatic carboxylic acids is 1. The summed E-state index contributed by atoms with van der Waals surface area (Å²) < 4.78 is 0. The van der Waals surface area contributed by atoms with E-state index in [9.17, 15) is 9.59 Å². The number of carbonyl (C=O) groups is 2. The van der Waals surface area contributed by atoms with Crippen molar-refractivity contribution in [2.75, 3.05) is 13.1 Å². The maximum absolute atomic E-state index is 12.5. The van der Waals surface area contributed by atoms with Crippen LogP contribution in [0.3, 0.4) is 0 Å². The molecule has 21 heavy (non-hydrogen) atoms.